The zero-order valence-corrected chi connectivity index (χ0v) is 13.2. The summed E-state index contributed by atoms with van der Waals surface area (Å²) in [4.78, 5) is 13.9. The minimum Gasteiger partial charge on any atom is -0.391 e. The third-order valence-electron chi connectivity index (χ3n) is 5.25. The second kappa shape index (κ2) is 6.44. The second-order valence-corrected chi connectivity index (χ2v) is 7.25. The van der Waals surface area contributed by atoms with Gasteiger partial charge in [0.1, 0.15) is 0 Å². The van der Waals surface area contributed by atoms with E-state index in [2.05, 4.69) is 19.2 Å². The molecule has 116 valence electrons. The predicted molar refractivity (Wildman–Crippen MR) is 80.4 cm³/mol. The Labute approximate surface area is 122 Å². The van der Waals surface area contributed by atoms with Gasteiger partial charge in [0.25, 0.3) is 0 Å². The van der Waals surface area contributed by atoms with E-state index < -0.39 is 6.10 Å². The van der Waals surface area contributed by atoms with Crippen LogP contribution in [0.15, 0.2) is 0 Å². The maximum Gasteiger partial charge on any atom is 0.228 e. The molecule has 0 spiro atoms. The summed E-state index contributed by atoms with van der Waals surface area (Å²) in [5, 5.41) is 13.7. The van der Waals surface area contributed by atoms with Crippen molar-refractivity contribution >= 4 is 5.91 Å². The first kappa shape index (κ1) is 15.8. The van der Waals surface area contributed by atoms with Crippen LogP contribution in [0, 0.1) is 11.8 Å². The van der Waals surface area contributed by atoms with Crippen LogP contribution in [0.2, 0.25) is 0 Å². The van der Waals surface area contributed by atoms with Gasteiger partial charge in [-0.2, -0.15) is 0 Å². The van der Waals surface area contributed by atoms with Gasteiger partial charge in [-0.05, 0) is 45.6 Å². The summed E-state index contributed by atoms with van der Waals surface area (Å²) in [6, 6.07) is 0. The molecule has 0 bridgehead atoms. The van der Waals surface area contributed by atoms with Crippen molar-refractivity contribution < 1.29 is 9.90 Å². The van der Waals surface area contributed by atoms with Crippen LogP contribution in [0.3, 0.4) is 0 Å². The van der Waals surface area contributed by atoms with Crippen molar-refractivity contribution in [3.8, 4) is 0 Å². The monoisotopic (exact) mass is 282 g/mol. The maximum atomic E-state index is 12.2. The van der Waals surface area contributed by atoms with Gasteiger partial charge in [-0.3, -0.25) is 4.79 Å². The Morgan fingerprint density at radius 2 is 2.00 bits per heavy atom. The predicted octanol–water partition coefficient (Wildman–Crippen LogP) is 1.77. The molecule has 1 heterocycles. The van der Waals surface area contributed by atoms with Crippen LogP contribution in [0.5, 0.6) is 0 Å². The Morgan fingerprint density at radius 1 is 1.35 bits per heavy atom. The Bertz CT molecular complexity index is 337. The third-order valence-corrected chi connectivity index (χ3v) is 5.25. The molecule has 0 aromatic heterocycles. The van der Waals surface area contributed by atoms with Crippen LogP contribution in [0.25, 0.3) is 0 Å². The van der Waals surface area contributed by atoms with Gasteiger partial charge >= 0.3 is 0 Å². The van der Waals surface area contributed by atoms with Gasteiger partial charge < -0.3 is 15.3 Å². The topological polar surface area (TPSA) is 52.6 Å². The summed E-state index contributed by atoms with van der Waals surface area (Å²) in [5.41, 5.74) is -0.133. The van der Waals surface area contributed by atoms with Crippen molar-refractivity contribution in [3.05, 3.63) is 0 Å². The number of hydrogen-bond acceptors (Lipinski definition) is 3. The molecule has 2 aliphatic rings. The highest BCUT2D eigenvalue weighted by Crippen LogP contribution is 2.34. The normalized spacial score (nSPS) is 28.9. The molecule has 1 aliphatic heterocycles. The highest BCUT2D eigenvalue weighted by atomic mass is 16.3. The largest absolute Gasteiger partial charge is 0.391 e. The molecule has 1 saturated heterocycles. The first-order valence-electron chi connectivity index (χ1n) is 8.08. The van der Waals surface area contributed by atoms with Crippen LogP contribution < -0.4 is 5.32 Å². The Morgan fingerprint density at radius 3 is 2.55 bits per heavy atom. The van der Waals surface area contributed by atoms with Crippen LogP contribution in [-0.2, 0) is 4.79 Å². The van der Waals surface area contributed by atoms with Gasteiger partial charge in [-0.15, -0.1) is 0 Å². The molecular formula is C16H30N2O2. The van der Waals surface area contributed by atoms with Gasteiger partial charge in [-0.25, -0.2) is 0 Å². The van der Waals surface area contributed by atoms with E-state index in [0.29, 0.717) is 6.54 Å². The van der Waals surface area contributed by atoms with Crippen LogP contribution in [-0.4, -0.2) is 47.7 Å². The molecule has 2 N–H and O–H groups in total. The quantitative estimate of drug-likeness (QED) is 0.808. The molecule has 1 saturated carbocycles. The average molecular weight is 282 g/mol. The molecule has 0 aromatic rings. The van der Waals surface area contributed by atoms with Gasteiger partial charge in [0.2, 0.25) is 5.91 Å². The fraction of sp³-hybridized carbons (Fsp3) is 0.938. The standard InChI is InChI=1S/C16H30N2O2/c1-16(2)9-13(15(20)18(16)3)14(19)11-17-10-12-7-5-4-6-8-12/h12-14,17,19H,4-11H2,1-3H3/t13-,14+/m0/s1. The zero-order valence-electron chi connectivity index (χ0n) is 13.2. The number of hydrogen-bond donors (Lipinski definition) is 2. The molecule has 4 heteroatoms. The lowest BCUT2D eigenvalue weighted by Crippen LogP contribution is -2.39. The molecule has 4 nitrogen and oxygen atoms in total. The lowest BCUT2D eigenvalue weighted by molar-refractivity contribution is -0.134. The van der Waals surface area contributed by atoms with Crippen molar-refractivity contribution in [2.24, 2.45) is 11.8 Å². The summed E-state index contributed by atoms with van der Waals surface area (Å²) in [7, 11) is 1.84. The molecule has 0 aromatic carbocycles. The minimum atomic E-state index is -0.560. The van der Waals surface area contributed by atoms with Gasteiger partial charge in [0, 0.05) is 19.1 Å². The number of carbonyl (C=O) groups is 1. The first-order chi connectivity index (χ1) is 9.42. The lowest BCUT2D eigenvalue weighted by atomic mass is 9.89. The number of rotatable bonds is 5. The van der Waals surface area contributed by atoms with Gasteiger partial charge in [-0.1, -0.05) is 19.3 Å². The maximum absolute atomic E-state index is 12.2. The smallest absolute Gasteiger partial charge is 0.228 e. The summed E-state index contributed by atoms with van der Waals surface area (Å²) in [6.45, 7) is 5.65. The summed E-state index contributed by atoms with van der Waals surface area (Å²) in [6.07, 6.45) is 6.85. The van der Waals surface area contributed by atoms with E-state index in [0.717, 1.165) is 18.9 Å². The van der Waals surface area contributed by atoms with Crippen molar-refractivity contribution in [3.63, 3.8) is 0 Å². The number of nitrogens with zero attached hydrogens (tertiary/aromatic N) is 1. The molecule has 20 heavy (non-hydrogen) atoms. The van der Waals surface area contributed by atoms with Gasteiger partial charge in [0.15, 0.2) is 0 Å². The van der Waals surface area contributed by atoms with Crippen molar-refractivity contribution in [1.82, 2.24) is 10.2 Å². The van der Waals surface area contributed by atoms with E-state index in [1.54, 1.807) is 4.90 Å². The average Bonchev–Trinajstić information content (AvgIpc) is 2.63. The number of aliphatic hydroxyl groups excluding tert-OH is 1. The Kier molecular flexibility index (Phi) is 5.08. The molecule has 2 fully saturated rings. The molecular weight excluding hydrogens is 252 g/mol. The molecule has 1 aliphatic carbocycles. The molecule has 2 rings (SSSR count). The summed E-state index contributed by atoms with van der Waals surface area (Å²) in [5.74, 6) is 0.602. The zero-order chi connectivity index (χ0) is 14.8. The number of amides is 1. The van der Waals surface area contributed by atoms with E-state index in [-0.39, 0.29) is 17.4 Å². The lowest BCUT2D eigenvalue weighted by Gasteiger charge is -2.27. The van der Waals surface area contributed by atoms with Crippen molar-refractivity contribution in [2.45, 2.75) is 64.0 Å². The Balaban J connectivity index is 1.74. The number of aliphatic hydroxyl groups is 1. The molecule has 2 atom stereocenters. The minimum absolute atomic E-state index is 0.0852. The number of likely N-dealkylation sites (tertiary alicyclic amines) is 1. The molecule has 0 unspecified atom stereocenters. The van der Waals surface area contributed by atoms with Crippen LogP contribution >= 0.6 is 0 Å². The highest BCUT2D eigenvalue weighted by Gasteiger charge is 2.45. The van der Waals surface area contributed by atoms with Crippen molar-refractivity contribution in [2.75, 3.05) is 20.1 Å². The number of nitrogens with one attached hydrogen (secondary N) is 1. The Hall–Kier alpha value is -0.610. The second-order valence-electron chi connectivity index (χ2n) is 7.25. The van der Waals surface area contributed by atoms with E-state index >= 15 is 0 Å². The van der Waals surface area contributed by atoms with E-state index in [9.17, 15) is 9.90 Å². The molecule has 0 radical (unpaired) electrons. The molecule has 1 amide bonds. The van der Waals surface area contributed by atoms with Gasteiger partial charge in [0.05, 0.1) is 12.0 Å². The van der Waals surface area contributed by atoms with Crippen LogP contribution in [0.1, 0.15) is 52.4 Å². The highest BCUT2D eigenvalue weighted by molar-refractivity contribution is 5.82. The summed E-state index contributed by atoms with van der Waals surface area (Å²) < 4.78 is 0. The third kappa shape index (κ3) is 3.53. The summed E-state index contributed by atoms with van der Waals surface area (Å²) >= 11 is 0. The van der Waals surface area contributed by atoms with E-state index in [1.165, 1.54) is 32.1 Å². The fourth-order valence-corrected chi connectivity index (χ4v) is 3.58. The number of carbonyl (C=O) groups excluding carboxylic acids is 1. The fourth-order valence-electron chi connectivity index (χ4n) is 3.58. The first-order valence-corrected chi connectivity index (χ1v) is 8.08. The van der Waals surface area contributed by atoms with Crippen molar-refractivity contribution in [1.29, 1.82) is 0 Å². The van der Waals surface area contributed by atoms with E-state index in [4.69, 9.17) is 0 Å². The van der Waals surface area contributed by atoms with Crippen LogP contribution in [0.4, 0.5) is 0 Å². The van der Waals surface area contributed by atoms with E-state index in [1.807, 2.05) is 7.05 Å². The SMILES string of the molecule is CN1C(=O)[C@H]([C@H](O)CNCC2CCCCC2)CC1(C)C.